The zero-order chi connectivity index (χ0) is 24.8. The zero-order valence-electron chi connectivity index (χ0n) is 19.5. The SMILES string of the molecule is O=C(c1ccc2c(ccn2-c2ccc(F)c(F)c2)c1)N1CC(N2CCN(c3ccccc3)C(=O)C2)C1. The molecule has 0 unspecified atom stereocenters. The summed E-state index contributed by atoms with van der Waals surface area (Å²) in [5.74, 6) is -1.77. The minimum absolute atomic E-state index is 0.0528. The summed E-state index contributed by atoms with van der Waals surface area (Å²) in [6, 6.07) is 20.9. The molecule has 2 saturated heterocycles. The number of carbonyl (C=O) groups is 2. The summed E-state index contributed by atoms with van der Waals surface area (Å²) in [4.78, 5) is 31.6. The number of aromatic nitrogens is 1. The van der Waals surface area contributed by atoms with Crippen molar-refractivity contribution < 1.29 is 18.4 Å². The Bertz CT molecular complexity index is 1460. The second kappa shape index (κ2) is 8.87. The maximum absolute atomic E-state index is 13.7. The molecular weight excluding hydrogens is 462 g/mol. The lowest BCUT2D eigenvalue weighted by Crippen LogP contribution is -2.65. The van der Waals surface area contributed by atoms with Crippen LogP contribution in [0.2, 0.25) is 0 Å². The number of halogens is 2. The van der Waals surface area contributed by atoms with Crippen LogP contribution in [0.1, 0.15) is 10.4 Å². The Hall–Kier alpha value is -4.04. The molecule has 2 aliphatic heterocycles. The second-order valence-electron chi connectivity index (χ2n) is 9.27. The normalized spacial score (nSPS) is 17.0. The van der Waals surface area contributed by atoms with Gasteiger partial charge in [-0.1, -0.05) is 18.2 Å². The number of benzene rings is 3. The molecule has 4 aromatic rings. The van der Waals surface area contributed by atoms with Crippen LogP contribution in [0.5, 0.6) is 0 Å². The van der Waals surface area contributed by atoms with E-state index in [9.17, 15) is 18.4 Å². The molecule has 8 heteroatoms. The molecule has 2 aliphatic rings. The highest BCUT2D eigenvalue weighted by molar-refractivity contribution is 5.99. The average molecular weight is 487 g/mol. The van der Waals surface area contributed by atoms with Crippen molar-refractivity contribution in [2.24, 2.45) is 0 Å². The molecule has 36 heavy (non-hydrogen) atoms. The first-order valence-corrected chi connectivity index (χ1v) is 11.9. The van der Waals surface area contributed by atoms with E-state index in [1.165, 1.54) is 6.07 Å². The minimum atomic E-state index is -0.906. The molecule has 0 aliphatic carbocycles. The quantitative estimate of drug-likeness (QED) is 0.437. The van der Waals surface area contributed by atoms with Crippen LogP contribution in [0.4, 0.5) is 14.5 Å². The molecule has 1 aromatic heterocycles. The largest absolute Gasteiger partial charge is 0.335 e. The zero-order valence-corrected chi connectivity index (χ0v) is 19.5. The standard InChI is InChI=1S/C28H24F2N4O2/c29-24-8-7-22(15-25(24)30)33-11-10-19-14-20(6-9-26(19)33)28(36)32-16-23(17-32)31-12-13-34(27(35)18-31)21-4-2-1-3-5-21/h1-11,14-15,23H,12-13,16-18H2. The lowest BCUT2D eigenvalue weighted by molar-refractivity contribution is -0.123. The predicted molar refractivity (Wildman–Crippen MR) is 133 cm³/mol. The Kier molecular flexibility index (Phi) is 5.53. The van der Waals surface area contributed by atoms with Gasteiger partial charge in [-0.2, -0.15) is 0 Å². The number of fused-ring (bicyclic) bond motifs is 1. The molecule has 2 fully saturated rings. The Morgan fingerprint density at radius 2 is 1.64 bits per heavy atom. The molecule has 3 aromatic carbocycles. The Morgan fingerprint density at radius 1 is 0.833 bits per heavy atom. The van der Waals surface area contributed by atoms with Crippen molar-refractivity contribution in [3.63, 3.8) is 0 Å². The molecule has 0 saturated carbocycles. The highest BCUT2D eigenvalue weighted by Crippen LogP contribution is 2.26. The summed E-state index contributed by atoms with van der Waals surface area (Å²) >= 11 is 0. The van der Waals surface area contributed by atoms with E-state index in [2.05, 4.69) is 4.90 Å². The number of likely N-dealkylation sites (tertiary alicyclic amines) is 1. The fourth-order valence-electron chi connectivity index (χ4n) is 5.05. The number of para-hydroxylation sites is 1. The van der Waals surface area contributed by atoms with Crippen molar-refractivity contribution in [2.75, 3.05) is 37.6 Å². The van der Waals surface area contributed by atoms with Crippen LogP contribution < -0.4 is 4.90 Å². The smallest absolute Gasteiger partial charge is 0.253 e. The van der Waals surface area contributed by atoms with E-state index in [0.717, 1.165) is 35.3 Å². The van der Waals surface area contributed by atoms with Gasteiger partial charge in [-0.25, -0.2) is 8.78 Å². The molecular formula is C28H24F2N4O2. The van der Waals surface area contributed by atoms with Crippen LogP contribution in [0.15, 0.2) is 79.0 Å². The fourth-order valence-corrected chi connectivity index (χ4v) is 5.05. The second-order valence-corrected chi connectivity index (χ2v) is 9.27. The maximum atomic E-state index is 13.7. The first-order valence-electron chi connectivity index (χ1n) is 11.9. The van der Waals surface area contributed by atoms with Gasteiger partial charge in [0.15, 0.2) is 11.6 Å². The first kappa shape index (κ1) is 22.4. The van der Waals surface area contributed by atoms with E-state index in [4.69, 9.17) is 0 Å². The highest BCUT2D eigenvalue weighted by atomic mass is 19.2. The van der Waals surface area contributed by atoms with Gasteiger partial charge in [0, 0.05) is 66.8 Å². The van der Waals surface area contributed by atoms with Gasteiger partial charge in [0.1, 0.15) is 0 Å². The van der Waals surface area contributed by atoms with E-state index in [1.807, 2.05) is 53.4 Å². The number of hydrogen-bond donors (Lipinski definition) is 0. The number of rotatable bonds is 4. The van der Waals surface area contributed by atoms with E-state index in [0.29, 0.717) is 37.4 Å². The third-order valence-corrected chi connectivity index (χ3v) is 7.10. The molecule has 0 bridgehead atoms. The van der Waals surface area contributed by atoms with Gasteiger partial charge in [-0.05, 0) is 48.5 Å². The molecule has 0 spiro atoms. The van der Waals surface area contributed by atoms with Crippen LogP contribution in [-0.2, 0) is 4.79 Å². The van der Waals surface area contributed by atoms with Crippen molar-refractivity contribution in [3.05, 3.63) is 96.2 Å². The van der Waals surface area contributed by atoms with Crippen LogP contribution >= 0.6 is 0 Å². The topological polar surface area (TPSA) is 48.8 Å². The Labute approximate surface area is 206 Å². The van der Waals surface area contributed by atoms with E-state index >= 15 is 0 Å². The maximum Gasteiger partial charge on any atom is 0.253 e. The summed E-state index contributed by atoms with van der Waals surface area (Å²) < 4.78 is 28.8. The molecule has 3 heterocycles. The molecule has 2 amide bonds. The molecule has 182 valence electrons. The van der Waals surface area contributed by atoms with Crippen LogP contribution in [-0.4, -0.2) is 64.9 Å². The Balaban J connectivity index is 1.10. The van der Waals surface area contributed by atoms with Crippen molar-refractivity contribution in [1.82, 2.24) is 14.4 Å². The number of hydrogen-bond acceptors (Lipinski definition) is 3. The van der Waals surface area contributed by atoms with Crippen molar-refractivity contribution >= 4 is 28.4 Å². The number of piperazine rings is 1. The lowest BCUT2D eigenvalue weighted by Gasteiger charge is -2.47. The van der Waals surface area contributed by atoms with Gasteiger partial charge in [0.05, 0.1) is 12.1 Å². The van der Waals surface area contributed by atoms with E-state index < -0.39 is 11.6 Å². The first-order chi connectivity index (χ1) is 17.5. The molecule has 6 nitrogen and oxygen atoms in total. The van der Waals surface area contributed by atoms with Crippen LogP contribution in [0.25, 0.3) is 16.6 Å². The van der Waals surface area contributed by atoms with Gasteiger partial charge in [-0.3, -0.25) is 14.5 Å². The third-order valence-electron chi connectivity index (χ3n) is 7.10. The average Bonchev–Trinajstić information content (AvgIpc) is 3.29. The van der Waals surface area contributed by atoms with Gasteiger partial charge in [-0.15, -0.1) is 0 Å². The van der Waals surface area contributed by atoms with Gasteiger partial charge < -0.3 is 14.4 Å². The molecule has 0 radical (unpaired) electrons. The fraction of sp³-hybridized carbons (Fsp3) is 0.214. The van der Waals surface area contributed by atoms with Crippen LogP contribution in [0.3, 0.4) is 0 Å². The summed E-state index contributed by atoms with van der Waals surface area (Å²) in [7, 11) is 0. The van der Waals surface area contributed by atoms with Crippen molar-refractivity contribution in [2.45, 2.75) is 6.04 Å². The molecule has 0 atom stereocenters. The summed E-state index contributed by atoms with van der Waals surface area (Å²) in [5, 5.41) is 0.838. The number of amides is 2. The summed E-state index contributed by atoms with van der Waals surface area (Å²) in [6.45, 7) is 2.94. The van der Waals surface area contributed by atoms with E-state index in [1.54, 1.807) is 21.7 Å². The van der Waals surface area contributed by atoms with Gasteiger partial charge >= 0.3 is 0 Å². The van der Waals surface area contributed by atoms with Crippen molar-refractivity contribution in [1.29, 1.82) is 0 Å². The summed E-state index contributed by atoms with van der Waals surface area (Å²) in [6.07, 6.45) is 1.78. The highest BCUT2D eigenvalue weighted by Gasteiger charge is 2.38. The van der Waals surface area contributed by atoms with Crippen molar-refractivity contribution in [3.8, 4) is 5.69 Å². The Morgan fingerprint density at radius 3 is 2.39 bits per heavy atom. The van der Waals surface area contributed by atoms with E-state index in [-0.39, 0.29) is 17.9 Å². The number of carbonyl (C=O) groups excluding carboxylic acids is 2. The third kappa shape index (κ3) is 3.93. The minimum Gasteiger partial charge on any atom is -0.335 e. The predicted octanol–water partition coefficient (Wildman–Crippen LogP) is 4.08. The van der Waals surface area contributed by atoms with Gasteiger partial charge in [0.25, 0.3) is 5.91 Å². The molecule has 6 rings (SSSR count). The monoisotopic (exact) mass is 486 g/mol. The number of anilines is 1. The van der Waals surface area contributed by atoms with Crippen LogP contribution in [0, 0.1) is 11.6 Å². The van der Waals surface area contributed by atoms with Gasteiger partial charge in [0.2, 0.25) is 5.91 Å². The summed E-state index contributed by atoms with van der Waals surface area (Å²) in [5.41, 5.74) is 2.81. The molecule has 0 N–H and O–H groups in total. The number of nitrogens with zero attached hydrogens (tertiary/aromatic N) is 4. The lowest BCUT2D eigenvalue weighted by atomic mass is 10.0.